The van der Waals surface area contributed by atoms with Gasteiger partial charge in [0.25, 0.3) is 5.56 Å². The zero-order valence-electron chi connectivity index (χ0n) is 14.5. The second-order valence-electron chi connectivity index (χ2n) is 6.24. The molecule has 2 aromatic heterocycles. The number of fused-ring (bicyclic) bond motifs is 1. The second kappa shape index (κ2) is 6.63. The Morgan fingerprint density at radius 2 is 2.17 bits per heavy atom. The van der Waals surface area contributed by atoms with Crippen LogP contribution in [-0.4, -0.2) is 31.9 Å². The molecule has 0 aliphatic carbocycles. The van der Waals surface area contributed by atoms with Gasteiger partial charge in [-0.15, -0.1) is 0 Å². The normalized spacial score (nSPS) is 17.0. The lowest BCUT2D eigenvalue weighted by molar-refractivity contribution is -0.134. The number of aromatic nitrogens is 3. The molecule has 1 amide bonds. The number of aromatic amines is 1. The topological polar surface area (TPSA) is 71.0 Å². The number of nitrogens with one attached hydrogen (secondary N) is 1. The van der Waals surface area contributed by atoms with Crippen molar-refractivity contribution >= 4 is 5.91 Å². The summed E-state index contributed by atoms with van der Waals surface area (Å²) in [5.74, 6) is 0.657. The minimum absolute atomic E-state index is 0.00560. The summed E-state index contributed by atoms with van der Waals surface area (Å²) in [6.07, 6.45) is 3.70. The number of nitrogens with zero attached hydrogens (tertiary/aromatic N) is 3. The maximum absolute atomic E-state index is 12.9. The van der Waals surface area contributed by atoms with E-state index in [1.165, 1.54) is 5.69 Å². The van der Waals surface area contributed by atoms with Crippen LogP contribution in [0.5, 0.6) is 0 Å². The van der Waals surface area contributed by atoms with Gasteiger partial charge in [-0.05, 0) is 25.5 Å². The smallest absolute Gasteiger partial charge is 0.254 e. The highest BCUT2D eigenvalue weighted by molar-refractivity contribution is 5.79. The van der Waals surface area contributed by atoms with Crippen LogP contribution in [0.25, 0.3) is 0 Å². The number of rotatable bonds is 4. The van der Waals surface area contributed by atoms with Gasteiger partial charge in [-0.3, -0.25) is 9.59 Å². The van der Waals surface area contributed by atoms with Crippen molar-refractivity contribution in [1.29, 1.82) is 0 Å². The van der Waals surface area contributed by atoms with Gasteiger partial charge in [0.2, 0.25) is 5.91 Å². The number of amides is 1. The summed E-state index contributed by atoms with van der Waals surface area (Å²) in [4.78, 5) is 34.2. The molecule has 3 heterocycles. The third kappa shape index (κ3) is 2.88. The predicted octanol–water partition coefficient (Wildman–Crippen LogP) is 1.98. The Bertz CT molecular complexity index is 806. The molecule has 3 rings (SSSR count). The lowest BCUT2D eigenvalue weighted by Crippen LogP contribution is -2.43. The molecular weight excluding hydrogens is 304 g/mol. The Morgan fingerprint density at radius 1 is 1.38 bits per heavy atom. The van der Waals surface area contributed by atoms with E-state index >= 15 is 0 Å². The second-order valence-corrected chi connectivity index (χ2v) is 6.24. The largest absolute Gasteiger partial charge is 0.348 e. The molecule has 24 heavy (non-hydrogen) atoms. The van der Waals surface area contributed by atoms with E-state index in [0.29, 0.717) is 30.0 Å². The Morgan fingerprint density at radius 3 is 2.83 bits per heavy atom. The fourth-order valence-corrected chi connectivity index (χ4v) is 3.49. The van der Waals surface area contributed by atoms with Gasteiger partial charge in [-0.1, -0.05) is 13.8 Å². The van der Waals surface area contributed by atoms with Crippen LogP contribution in [0.2, 0.25) is 0 Å². The van der Waals surface area contributed by atoms with Crippen LogP contribution in [0.4, 0.5) is 0 Å². The van der Waals surface area contributed by atoms with Gasteiger partial charge in [-0.2, -0.15) is 0 Å². The summed E-state index contributed by atoms with van der Waals surface area (Å²) >= 11 is 0. The van der Waals surface area contributed by atoms with Crippen LogP contribution >= 0.6 is 0 Å². The highest BCUT2D eigenvalue weighted by atomic mass is 16.2. The summed E-state index contributed by atoms with van der Waals surface area (Å²) in [5, 5.41) is 0. The molecule has 0 saturated heterocycles. The molecule has 6 heteroatoms. The monoisotopic (exact) mass is 328 g/mol. The molecule has 128 valence electrons. The van der Waals surface area contributed by atoms with Gasteiger partial charge in [0, 0.05) is 42.7 Å². The highest BCUT2D eigenvalue weighted by Crippen LogP contribution is 2.29. The van der Waals surface area contributed by atoms with E-state index in [-0.39, 0.29) is 23.9 Å². The molecule has 0 bridgehead atoms. The molecule has 0 radical (unpaired) electrons. The third-order valence-corrected chi connectivity index (χ3v) is 4.81. The van der Waals surface area contributed by atoms with Gasteiger partial charge in [0.1, 0.15) is 5.82 Å². The zero-order valence-corrected chi connectivity index (χ0v) is 14.5. The van der Waals surface area contributed by atoms with Gasteiger partial charge >= 0.3 is 0 Å². The molecule has 0 saturated carbocycles. The lowest BCUT2D eigenvalue weighted by atomic mass is 10.0. The van der Waals surface area contributed by atoms with E-state index in [2.05, 4.69) is 33.7 Å². The van der Waals surface area contributed by atoms with Gasteiger partial charge in [-0.25, -0.2) is 4.98 Å². The van der Waals surface area contributed by atoms with E-state index in [9.17, 15) is 9.59 Å². The molecule has 6 nitrogen and oxygen atoms in total. The number of aryl methyl sites for hydroxylation is 2. The molecule has 0 fully saturated rings. The van der Waals surface area contributed by atoms with Crippen molar-refractivity contribution in [3.63, 3.8) is 0 Å². The quantitative estimate of drug-likeness (QED) is 0.933. The molecule has 2 aromatic rings. The van der Waals surface area contributed by atoms with Gasteiger partial charge in [0.05, 0.1) is 12.5 Å². The van der Waals surface area contributed by atoms with Gasteiger partial charge < -0.3 is 14.5 Å². The first-order valence-corrected chi connectivity index (χ1v) is 8.58. The molecule has 0 spiro atoms. The maximum atomic E-state index is 12.9. The number of carbonyl (C=O) groups excluding carboxylic acids is 1. The molecule has 0 aromatic carbocycles. The van der Waals surface area contributed by atoms with E-state index < -0.39 is 0 Å². The Labute approximate surface area is 141 Å². The number of carbonyl (C=O) groups is 1. The molecule has 0 unspecified atom stereocenters. The minimum atomic E-state index is -0.193. The molecular formula is C18H24N4O2. The summed E-state index contributed by atoms with van der Waals surface area (Å²) in [5.41, 5.74) is 2.11. The maximum Gasteiger partial charge on any atom is 0.254 e. The summed E-state index contributed by atoms with van der Waals surface area (Å²) < 4.78 is 2.20. The van der Waals surface area contributed by atoms with Crippen molar-refractivity contribution in [2.75, 3.05) is 6.54 Å². The van der Waals surface area contributed by atoms with Crippen molar-refractivity contribution in [3.05, 3.63) is 51.5 Å². The standard InChI is InChI=1S/C18H24N4O2/c1-4-14-15-7-6-8-21(15)9-10-22(14)17(23)11-13-12(3)19-16(5-2)20-18(13)24/h6-8,14H,4-5,9-11H2,1-3H3,(H,19,20,24)/t14-/m0/s1. The number of hydrogen-bond donors (Lipinski definition) is 1. The van der Waals surface area contributed by atoms with Crippen LogP contribution in [0.1, 0.15) is 49.1 Å². The Kier molecular flexibility index (Phi) is 4.55. The Hall–Kier alpha value is -2.37. The molecule has 1 aliphatic heterocycles. The van der Waals surface area contributed by atoms with Crippen molar-refractivity contribution in [3.8, 4) is 0 Å². The first kappa shape index (κ1) is 16.5. The zero-order chi connectivity index (χ0) is 17.3. The first-order chi connectivity index (χ1) is 11.5. The van der Waals surface area contributed by atoms with Crippen LogP contribution < -0.4 is 5.56 Å². The number of hydrogen-bond acceptors (Lipinski definition) is 3. The van der Waals surface area contributed by atoms with Gasteiger partial charge in [0.15, 0.2) is 0 Å². The number of H-pyrrole nitrogens is 1. The summed E-state index contributed by atoms with van der Waals surface area (Å²) in [7, 11) is 0. The Balaban J connectivity index is 1.84. The fourth-order valence-electron chi connectivity index (χ4n) is 3.49. The van der Waals surface area contributed by atoms with Crippen LogP contribution in [0.3, 0.4) is 0 Å². The SMILES string of the molecule is CCc1nc(C)c(CC(=O)N2CCn3cccc3[C@@H]2CC)c(=O)[nH]1. The van der Waals surface area contributed by atoms with Crippen LogP contribution in [-0.2, 0) is 24.2 Å². The molecule has 1 atom stereocenters. The van der Waals surface area contributed by atoms with E-state index in [0.717, 1.165) is 13.0 Å². The third-order valence-electron chi connectivity index (χ3n) is 4.81. The van der Waals surface area contributed by atoms with Crippen LogP contribution in [0.15, 0.2) is 23.1 Å². The van der Waals surface area contributed by atoms with Crippen molar-refractivity contribution in [2.24, 2.45) is 0 Å². The summed E-state index contributed by atoms with van der Waals surface area (Å²) in [6, 6.07) is 4.17. The minimum Gasteiger partial charge on any atom is -0.348 e. The average Bonchev–Trinajstić information content (AvgIpc) is 3.05. The molecule has 1 aliphatic rings. The van der Waals surface area contributed by atoms with Crippen molar-refractivity contribution < 1.29 is 4.79 Å². The fraction of sp³-hybridized carbons (Fsp3) is 0.500. The van der Waals surface area contributed by atoms with E-state index in [4.69, 9.17) is 0 Å². The van der Waals surface area contributed by atoms with Crippen molar-refractivity contribution in [2.45, 2.75) is 52.6 Å². The van der Waals surface area contributed by atoms with Crippen molar-refractivity contribution in [1.82, 2.24) is 19.4 Å². The predicted molar refractivity (Wildman–Crippen MR) is 91.9 cm³/mol. The van der Waals surface area contributed by atoms with Crippen LogP contribution in [0, 0.1) is 6.92 Å². The summed E-state index contributed by atoms with van der Waals surface area (Å²) in [6.45, 7) is 7.31. The first-order valence-electron chi connectivity index (χ1n) is 8.58. The van der Waals surface area contributed by atoms with E-state index in [1.54, 1.807) is 6.92 Å². The lowest BCUT2D eigenvalue weighted by Gasteiger charge is -2.36. The molecule has 1 N–H and O–H groups in total. The average molecular weight is 328 g/mol. The highest BCUT2D eigenvalue weighted by Gasteiger charge is 2.30. The van der Waals surface area contributed by atoms with E-state index in [1.807, 2.05) is 17.9 Å².